The van der Waals surface area contributed by atoms with E-state index in [1.165, 1.54) is 18.2 Å². The molecule has 1 aliphatic heterocycles. The summed E-state index contributed by atoms with van der Waals surface area (Å²) in [4.78, 5) is 2.05. The van der Waals surface area contributed by atoms with Gasteiger partial charge in [0.2, 0.25) is 0 Å². The lowest BCUT2D eigenvalue weighted by molar-refractivity contribution is 0.435. The maximum Gasteiger partial charge on any atom is 0.168 e. The van der Waals surface area contributed by atoms with E-state index in [1.807, 2.05) is 0 Å². The molecule has 2 aliphatic rings. The highest BCUT2D eigenvalue weighted by Crippen LogP contribution is 2.59. The fourth-order valence-electron chi connectivity index (χ4n) is 3.21. The average molecular weight is 314 g/mol. The molecule has 1 aliphatic carbocycles. The van der Waals surface area contributed by atoms with Crippen LogP contribution in [0.5, 0.6) is 0 Å². The molecule has 1 saturated carbocycles. The van der Waals surface area contributed by atoms with Gasteiger partial charge in [-0.2, -0.15) is 12.6 Å². The largest absolute Gasteiger partial charge is 0.362 e. The van der Waals surface area contributed by atoms with E-state index in [-0.39, 0.29) is 17.0 Å². The number of piperidine rings is 1. The Morgan fingerprint density at radius 3 is 3.05 bits per heavy atom. The van der Waals surface area contributed by atoms with Gasteiger partial charge in [0.1, 0.15) is 11.6 Å². The molecule has 0 spiro atoms. The first-order chi connectivity index (χ1) is 9.56. The lowest BCUT2D eigenvalue weighted by Crippen LogP contribution is -2.41. The van der Waals surface area contributed by atoms with Gasteiger partial charge in [0.25, 0.3) is 0 Å². The van der Waals surface area contributed by atoms with Gasteiger partial charge in [-0.15, -0.1) is 0 Å². The van der Waals surface area contributed by atoms with Crippen molar-refractivity contribution in [3.05, 3.63) is 35.4 Å². The smallest absolute Gasteiger partial charge is 0.168 e. The number of likely N-dealkylation sites (tertiary alicyclic amines) is 1. The number of benzene rings is 1. The summed E-state index contributed by atoms with van der Waals surface area (Å²) in [5, 5.41) is 3.81. The van der Waals surface area contributed by atoms with Gasteiger partial charge in [-0.05, 0) is 48.3 Å². The molecule has 2 unspecified atom stereocenters. The summed E-state index contributed by atoms with van der Waals surface area (Å²) >= 11 is 9.45. The van der Waals surface area contributed by atoms with Crippen LogP contribution in [-0.4, -0.2) is 35.4 Å². The summed E-state index contributed by atoms with van der Waals surface area (Å²) in [6.45, 7) is 2.19. The molecule has 20 heavy (non-hydrogen) atoms. The van der Waals surface area contributed by atoms with Gasteiger partial charge in [-0.1, -0.05) is 0 Å². The van der Waals surface area contributed by atoms with Crippen molar-refractivity contribution < 1.29 is 8.78 Å². The number of nitrogens with zero attached hydrogens (tertiary/aromatic N) is 1. The van der Waals surface area contributed by atoms with E-state index in [0.717, 1.165) is 13.0 Å². The van der Waals surface area contributed by atoms with Crippen molar-refractivity contribution in [3.8, 4) is 0 Å². The molecule has 1 saturated heterocycles. The fraction of sp³-hybridized carbons (Fsp3) is 0.500. The zero-order valence-corrected chi connectivity index (χ0v) is 12.6. The minimum atomic E-state index is -0.379. The molecule has 2 fully saturated rings. The van der Waals surface area contributed by atoms with Gasteiger partial charge >= 0.3 is 0 Å². The monoisotopic (exact) mass is 314 g/mol. The number of fused-ring (bicyclic) bond motifs is 1. The fourth-order valence-corrected chi connectivity index (χ4v) is 3.56. The van der Waals surface area contributed by atoms with E-state index in [0.29, 0.717) is 35.4 Å². The highest BCUT2D eigenvalue weighted by molar-refractivity contribution is 7.80. The summed E-state index contributed by atoms with van der Waals surface area (Å²) in [5.41, 5.74) is 0.251. The van der Waals surface area contributed by atoms with Crippen molar-refractivity contribution in [2.45, 2.75) is 11.8 Å². The second kappa shape index (κ2) is 5.15. The van der Waals surface area contributed by atoms with E-state index in [1.54, 1.807) is 0 Å². The summed E-state index contributed by atoms with van der Waals surface area (Å²) in [5.74, 6) is 0.386. The third-order valence-electron chi connectivity index (χ3n) is 4.29. The maximum absolute atomic E-state index is 14.0. The number of thiocarbonyl (C=S) groups is 1. The van der Waals surface area contributed by atoms with Crippen LogP contribution < -0.4 is 5.32 Å². The molecule has 0 aromatic heterocycles. The van der Waals surface area contributed by atoms with Crippen LogP contribution in [0.2, 0.25) is 0 Å². The molecule has 0 radical (unpaired) electrons. The Morgan fingerprint density at radius 1 is 1.50 bits per heavy atom. The molecule has 1 aromatic rings. The van der Waals surface area contributed by atoms with E-state index in [4.69, 9.17) is 12.2 Å². The quantitative estimate of drug-likeness (QED) is 0.658. The zero-order valence-electron chi connectivity index (χ0n) is 10.9. The van der Waals surface area contributed by atoms with Gasteiger partial charge in [-0.25, -0.2) is 8.78 Å². The number of halogens is 2. The van der Waals surface area contributed by atoms with Crippen LogP contribution in [-0.2, 0) is 5.41 Å². The van der Waals surface area contributed by atoms with Crippen LogP contribution in [0.3, 0.4) is 0 Å². The molecule has 1 N–H and O–H groups in total. The number of rotatable bonds is 3. The highest BCUT2D eigenvalue weighted by Gasteiger charge is 2.62. The third kappa shape index (κ3) is 2.29. The van der Waals surface area contributed by atoms with Gasteiger partial charge in [0.05, 0.1) is 0 Å². The standard InChI is InChI=1S/C14H16F2N2S2/c15-10-1-2-12(16)11(5-10)14-6-9(14)7-18(8-14)13(20)17-3-4-19/h1-2,5,9,19H,3-4,6-8H2,(H,17,20). The number of hydrogen-bond donors (Lipinski definition) is 2. The lowest BCUT2D eigenvalue weighted by Gasteiger charge is -2.24. The Labute approximate surface area is 127 Å². The SMILES string of the molecule is Fc1ccc(F)c(C23CC2CN(C(=S)NCCS)C3)c1. The molecule has 0 bridgehead atoms. The first kappa shape index (κ1) is 14.1. The van der Waals surface area contributed by atoms with Crippen LogP contribution in [0.1, 0.15) is 12.0 Å². The van der Waals surface area contributed by atoms with Crippen molar-refractivity contribution in [2.24, 2.45) is 5.92 Å². The molecule has 2 nitrogen and oxygen atoms in total. The molecule has 1 aromatic carbocycles. The van der Waals surface area contributed by atoms with E-state index in [9.17, 15) is 8.78 Å². The van der Waals surface area contributed by atoms with E-state index in [2.05, 4.69) is 22.8 Å². The molecule has 108 valence electrons. The molecule has 2 atom stereocenters. The topological polar surface area (TPSA) is 15.3 Å². The van der Waals surface area contributed by atoms with Crippen molar-refractivity contribution in [1.82, 2.24) is 10.2 Å². The Morgan fingerprint density at radius 2 is 2.30 bits per heavy atom. The number of nitrogens with one attached hydrogen (secondary N) is 1. The zero-order chi connectivity index (χ0) is 14.3. The predicted octanol–water partition coefficient (Wildman–Crippen LogP) is 2.34. The molecule has 6 heteroatoms. The second-order valence-corrected chi connectivity index (χ2v) is 6.35. The molecule has 1 heterocycles. The van der Waals surface area contributed by atoms with Gasteiger partial charge in [0.15, 0.2) is 5.11 Å². The number of hydrogen-bond acceptors (Lipinski definition) is 2. The molecule has 0 amide bonds. The lowest BCUT2D eigenvalue weighted by atomic mass is 9.94. The minimum absolute atomic E-state index is 0.251. The van der Waals surface area contributed by atoms with Crippen molar-refractivity contribution in [1.29, 1.82) is 0 Å². The Bertz CT molecular complexity index is 552. The maximum atomic E-state index is 14.0. The molecular formula is C14H16F2N2S2. The van der Waals surface area contributed by atoms with Crippen LogP contribution in [0.4, 0.5) is 8.78 Å². The normalized spacial score (nSPS) is 27.4. The van der Waals surface area contributed by atoms with Crippen molar-refractivity contribution >= 4 is 30.0 Å². The predicted molar refractivity (Wildman–Crippen MR) is 82.2 cm³/mol. The van der Waals surface area contributed by atoms with E-state index >= 15 is 0 Å². The summed E-state index contributed by atoms with van der Waals surface area (Å²) in [6.07, 6.45) is 0.916. The molecule has 3 rings (SSSR count). The summed E-state index contributed by atoms with van der Waals surface area (Å²) < 4.78 is 27.4. The van der Waals surface area contributed by atoms with Crippen molar-refractivity contribution in [2.75, 3.05) is 25.4 Å². The highest BCUT2D eigenvalue weighted by atomic mass is 32.1. The third-order valence-corrected chi connectivity index (χ3v) is 4.91. The summed E-state index contributed by atoms with van der Waals surface area (Å²) in [6, 6.07) is 3.72. The average Bonchev–Trinajstić information content (AvgIpc) is 3.01. The first-order valence-electron chi connectivity index (χ1n) is 6.66. The van der Waals surface area contributed by atoms with Crippen molar-refractivity contribution in [3.63, 3.8) is 0 Å². The van der Waals surface area contributed by atoms with Gasteiger partial charge < -0.3 is 10.2 Å². The van der Waals surface area contributed by atoms with Crippen LogP contribution in [0, 0.1) is 17.6 Å². The van der Waals surface area contributed by atoms with Gasteiger partial charge in [0, 0.05) is 30.8 Å². The first-order valence-corrected chi connectivity index (χ1v) is 7.70. The Kier molecular flexibility index (Phi) is 3.62. The van der Waals surface area contributed by atoms with E-state index < -0.39 is 0 Å². The van der Waals surface area contributed by atoms with Crippen LogP contribution in [0.15, 0.2) is 18.2 Å². The molecular weight excluding hydrogens is 298 g/mol. The minimum Gasteiger partial charge on any atom is -0.362 e. The Balaban J connectivity index is 1.76. The van der Waals surface area contributed by atoms with Crippen LogP contribution >= 0.6 is 24.8 Å². The number of thiol groups is 1. The second-order valence-electron chi connectivity index (χ2n) is 5.52. The summed E-state index contributed by atoms with van der Waals surface area (Å²) in [7, 11) is 0. The van der Waals surface area contributed by atoms with Crippen LogP contribution in [0.25, 0.3) is 0 Å². The Hall–Kier alpha value is -0.880. The van der Waals surface area contributed by atoms with Gasteiger partial charge in [-0.3, -0.25) is 0 Å².